The van der Waals surface area contributed by atoms with E-state index in [1.54, 1.807) is 39.2 Å². The number of carbonyl (C=O) groups excluding carboxylic acids is 2. The number of carboxylic acids is 2. The number of aliphatic hydroxyl groups excluding tert-OH is 2. The van der Waals surface area contributed by atoms with Crippen LogP contribution in [-0.4, -0.2) is 108 Å². The van der Waals surface area contributed by atoms with Gasteiger partial charge in [0.15, 0.2) is 0 Å². The summed E-state index contributed by atoms with van der Waals surface area (Å²) in [5, 5.41) is 42.5. The van der Waals surface area contributed by atoms with E-state index in [0.717, 1.165) is 4.90 Å². The van der Waals surface area contributed by atoms with E-state index in [-0.39, 0.29) is 21.9 Å². The fourth-order valence-corrected chi connectivity index (χ4v) is 11.6. The third-order valence-corrected chi connectivity index (χ3v) is 13.8. The molecule has 0 radical (unpaired) electrons. The number of β-lactam (4-membered cyclic amide) rings is 1. The van der Waals surface area contributed by atoms with Gasteiger partial charge >= 0.3 is 24.6 Å². The largest absolute Gasteiger partial charge is 0.481 e. The third-order valence-electron chi connectivity index (χ3n) is 10.9. The first-order valence-electron chi connectivity index (χ1n) is 16.3. The number of hydrogen-bond acceptors (Lipinski definition) is 10. The fourth-order valence-electron chi connectivity index (χ4n) is 8.54. The van der Waals surface area contributed by atoms with Crippen molar-refractivity contribution in [2.24, 2.45) is 23.7 Å². The van der Waals surface area contributed by atoms with Gasteiger partial charge in [0.1, 0.15) is 30.4 Å². The van der Waals surface area contributed by atoms with Crippen LogP contribution < -0.4 is 9.36 Å². The minimum Gasteiger partial charge on any atom is -0.481 e. The van der Waals surface area contributed by atoms with Crippen molar-refractivity contribution in [3.05, 3.63) is 46.5 Å². The molecule has 5 aliphatic rings. The zero-order chi connectivity index (χ0) is 35.3. The van der Waals surface area contributed by atoms with Gasteiger partial charge in [0.05, 0.1) is 53.3 Å². The zero-order valence-corrected chi connectivity index (χ0v) is 29.3. The molecule has 4 N–H and O–H groups in total. The average molecular weight is 717 g/mol. The lowest BCUT2D eigenvalue weighted by atomic mass is 9.67. The number of thioether (sulfide) groups is 2. The van der Waals surface area contributed by atoms with Crippen LogP contribution in [0.5, 0.6) is 0 Å². The Labute approximate surface area is 290 Å². The summed E-state index contributed by atoms with van der Waals surface area (Å²) in [6.45, 7) is 10.5. The second kappa shape index (κ2) is 11.9. The minimum absolute atomic E-state index is 0.00281. The number of rotatable bonds is 10. The molecule has 0 spiro atoms. The maximum atomic E-state index is 15.2. The standard InChI is InChI=1S/C31H38N8O8S2/c1-14-22(20(16(3)40)29(44)45)38(24(30(46)47)25(14)48-18-6-34-10-32-11-35(34)7-18)28(43)23-26(49-19-8-36-12-33-13-37(36)9-19)15(2)31(5)21(17(4)41)27(42)39(23)31/h10-22,40-41H,6-9H2,1-5H3/p+2/t14-,15+,16-,17-,20?,21+,22?,31-/m1/s1. The molecular weight excluding hydrogens is 677 g/mol. The molecule has 1 saturated heterocycles. The molecule has 8 atom stereocenters. The quantitative estimate of drug-likeness (QED) is 0.178. The van der Waals surface area contributed by atoms with Crippen LogP contribution >= 0.6 is 23.5 Å². The Bertz CT molecular complexity index is 1780. The number of aliphatic carboxylic acids is 2. The van der Waals surface area contributed by atoms with Crippen LogP contribution in [0.15, 0.2) is 46.5 Å². The molecule has 16 nitrogen and oxygen atoms in total. The van der Waals surface area contributed by atoms with Gasteiger partial charge in [-0.2, -0.15) is 18.7 Å². The van der Waals surface area contributed by atoms with Gasteiger partial charge in [-0.05, 0) is 30.7 Å². The van der Waals surface area contributed by atoms with Crippen LogP contribution in [0, 0.1) is 23.7 Å². The SMILES string of the molecule is C[C@@H](O)C(C(=O)O)C1[C@@H](C)C(SC2Cn3cnc[n+]3C2)=C(C(=O)O)N1C(=O)C1=C(SC2Cn3cnc[n+]3C2)[C@H](C)[C@]2(C)[C@@H]([C@@H](C)O)C(=O)N12. The smallest absolute Gasteiger partial charge is 0.353 e. The van der Waals surface area contributed by atoms with Crippen LogP contribution in [0.2, 0.25) is 0 Å². The van der Waals surface area contributed by atoms with Crippen LogP contribution in [0.4, 0.5) is 0 Å². The molecule has 0 aliphatic carbocycles. The number of fused-ring (bicyclic) bond motifs is 3. The number of hydrogen-bond donors (Lipinski definition) is 4. The normalized spacial score (nSPS) is 32.3. The van der Waals surface area contributed by atoms with Gasteiger partial charge in [-0.3, -0.25) is 24.2 Å². The van der Waals surface area contributed by atoms with Gasteiger partial charge in [-0.15, -0.1) is 23.5 Å². The molecule has 7 rings (SSSR count). The second-order valence-corrected chi connectivity index (χ2v) is 16.5. The van der Waals surface area contributed by atoms with E-state index in [4.69, 9.17) is 0 Å². The predicted molar refractivity (Wildman–Crippen MR) is 171 cm³/mol. The summed E-state index contributed by atoms with van der Waals surface area (Å²) in [7, 11) is 0. The molecule has 0 saturated carbocycles. The first-order chi connectivity index (χ1) is 23.2. The Hall–Kier alpha value is -3.74. The molecule has 2 amide bonds. The van der Waals surface area contributed by atoms with Crippen molar-refractivity contribution in [2.45, 2.75) is 95.1 Å². The summed E-state index contributed by atoms with van der Waals surface area (Å²) in [4.78, 5) is 66.7. The van der Waals surface area contributed by atoms with Gasteiger partial charge in [0.2, 0.25) is 18.6 Å². The van der Waals surface area contributed by atoms with E-state index < -0.39 is 71.2 Å². The third kappa shape index (κ3) is 4.96. The monoisotopic (exact) mass is 716 g/mol. The summed E-state index contributed by atoms with van der Waals surface area (Å²) < 4.78 is 7.68. The lowest BCUT2D eigenvalue weighted by Gasteiger charge is -2.56. The van der Waals surface area contributed by atoms with Crippen LogP contribution in [-0.2, 0) is 45.4 Å². The summed E-state index contributed by atoms with van der Waals surface area (Å²) in [5.41, 5.74) is -1.33. The van der Waals surface area contributed by atoms with Gasteiger partial charge < -0.3 is 20.4 Å². The summed E-state index contributed by atoms with van der Waals surface area (Å²) >= 11 is 2.72. The second-order valence-electron chi connectivity index (χ2n) is 13.9. The number of amides is 2. The maximum absolute atomic E-state index is 15.2. The number of aromatic nitrogens is 6. The highest BCUT2D eigenvalue weighted by Crippen LogP contribution is 2.59. The van der Waals surface area contributed by atoms with Crippen LogP contribution in [0.1, 0.15) is 34.6 Å². The number of aliphatic hydroxyl groups is 2. The number of carboxylic acid groups (broad SMARTS) is 2. The van der Waals surface area contributed by atoms with Gasteiger partial charge in [-0.1, -0.05) is 13.8 Å². The Kier molecular flexibility index (Phi) is 8.23. The van der Waals surface area contributed by atoms with Crippen molar-refractivity contribution in [2.75, 3.05) is 0 Å². The molecule has 2 aromatic rings. The molecule has 0 bridgehead atoms. The molecule has 2 aromatic heterocycles. The van der Waals surface area contributed by atoms with Gasteiger partial charge in [-0.25, -0.2) is 4.79 Å². The lowest BCUT2D eigenvalue weighted by molar-refractivity contribution is -0.758. The highest BCUT2D eigenvalue weighted by molar-refractivity contribution is 8.04. The first-order valence-corrected chi connectivity index (χ1v) is 18.0. The van der Waals surface area contributed by atoms with E-state index in [1.807, 2.05) is 32.6 Å². The van der Waals surface area contributed by atoms with E-state index in [0.29, 0.717) is 36.0 Å². The molecular formula is C31H40N8O8S2+2. The first kappa shape index (κ1) is 33.7. The van der Waals surface area contributed by atoms with Crippen molar-refractivity contribution in [1.82, 2.24) is 29.1 Å². The lowest BCUT2D eigenvalue weighted by Crippen LogP contribution is -2.72. The molecule has 2 unspecified atom stereocenters. The van der Waals surface area contributed by atoms with Crippen molar-refractivity contribution < 1.29 is 49.0 Å². The molecule has 7 heterocycles. The molecule has 5 aliphatic heterocycles. The topological polar surface area (TPSA) is 199 Å². The van der Waals surface area contributed by atoms with E-state index in [9.17, 15) is 34.8 Å². The maximum Gasteiger partial charge on any atom is 0.353 e. The molecule has 1 fully saturated rings. The van der Waals surface area contributed by atoms with Crippen molar-refractivity contribution in [3.63, 3.8) is 0 Å². The highest BCUT2D eigenvalue weighted by Gasteiger charge is 2.69. The van der Waals surface area contributed by atoms with Gasteiger partial charge in [0, 0.05) is 21.6 Å². The summed E-state index contributed by atoms with van der Waals surface area (Å²) in [6.07, 6.45) is 4.31. The van der Waals surface area contributed by atoms with Gasteiger partial charge in [0.25, 0.3) is 5.91 Å². The van der Waals surface area contributed by atoms with E-state index >= 15 is 4.79 Å². The van der Waals surface area contributed by atoms with Crippen LogP contribution in [0.25, 0.3) is 0 Å². The number of nitrogens with zero attached hydrogens (tertiary/aromatic N) is 8. The molecule has 0 aromatic carbocycles. The Balaban J connectivity index is 1.34. The highest BCUT2D eigenvalue weighted by atomic mass is 32.2. The minimum atomic E-state index is -1.54. The summed E-state index contributed by atoms with van der Waals surface area (Å²) in [5.74, 6) is -7.57. The average Bonchev–Trinajstić information content (AvgIpc) is 3.83. The molecule has 18 heteroatoms. The Morgan fingerprint density at radius 2 is 1.49 bits per heavy atom. The van der Waals surface area contributed by atoms with Crippen molar-refractivity contribution in [1.29, 1.82) is 0 Å². The van der Waals surface area contributed by atoms with Crippen molar-refractivity contribution >= 4 is 47.3 Å². The molecule has 262 valence electrons. The predicted octanol–water partition coefficient (Wildman–Crippen LogP) is -0.730. The van der Waals surface area contributed by atoms with Crippen molar-refractivity contribution in [3.8, 4) is 0 Å². The fraction of sp³-hybridized carbons (Fsp3) is 0.613. The Morgan fingerprint density at radius 3 is 1.96 bits per heavy atom. The van der Waals surface area contributed by atoms with E-state index in [2.05, 4.69) is 9.97 Å². The zero-order valence-electron chi connectivity index (χ0n) is 27.7. The Morgan fingerprint density at radius 1 is 0.939 bits per heavy atom. The van der Waals surface area contributed by atoms with E-state index in [1.165, 1.54) is 35.3 Å². The summed E-state index contributed by atoms with van der Waals surface area (Å²) in [6, 6.07) is -1.27. The number of carbonyl (C=O) groups is 4. The van der Waals surface area contributed by atoms with Crippen LogP contribution in [0.3, 0.4) is 0 Å². The molecule has 49 heavy (non-hydrogen) atoms.